The lowest BCUT2D eigenvalue weighted by atomic mass is 9.89. The Labute approximate surface area is 138 Å². The standard InChI is InChI=1S/C17H17ClN2O3/c1-20-16(22)13-5-3-2-4-12(13)14(17(20)23)15(21)19-11-8-6-10(18)7-9-11/h6-9,23H,2-5H2,1H3,(H,19,21)/p-1. The number of nitrogens with one attached hydrogen (secondary N) is 1. The van der Waals surface area contributed by atoms with E-state index in [4.69, 9.17) is 11.6 Å². The molecule has 0 bridgehead atoms. The zero-order valence-electron chi connectivity index (χ0n) is 12.7. The fraction of sp³-hybridized carbons (Fsp3) is 0.294. The molecule has 3 rings (SSSR count). The molecule has 0 aliphatic heterocycles. The molecule has 0 radical (unpaired) electrons. The van der Waals surface area contributed by atoms with Gasteiger partial charge in [0, 0.05) is 23.3 Å². The van der Waals surface area contributed by atoms with Crippen molar-refractivity contribution in [2.75, 3.05) is 5.32 Å². The van der Waals surface area contributed by atoms with Crippen molar-refractivity contribution in [3.8, 4) is 5.88 Å². The topological polar surface area (TPSA) is 74.2 Å². The van der Waals surface area contributed by atoms with Crippen molar-refractivity contribution in [2.24, 2.45) is 7.05 Å². The minimum atomic E-state index is -0.540. The molecule has 0 spiro atoms. The number of carbonyl (C=O) groups is 1. The number of carbonyl (C=O) groups excluding carboxylic acids is 1. The van der Waals surface area contributed by atoms with Crippen LogP contribution in [0.3, 0.4) is 0 Å². The monoisotopic (exact) mass is 331 g/mol. The van der Waals surface area contributed by atoms with Crippen LogP contribution in [0, 0.1) is 0 Å². The molecule has 0 unspecified atom stereocenters. The quantitative estimate of drug-likeness (QED) is 0.917. The van der Waals surface area contributed by atoms with Crippen molar-refractivity contribution in [3.63, 3.8) is 0 Å². The van der Waals surface area contributed by atoms with Crippen molar-refractivity contribution < 1.29 is 9.90 Å². The zero-order valence-corrected chi connectivity index (χ0v) is 13.4. The van der Waals surface area contributed by atoms with Gasteiger partial charge < -0.3 is 15.0 Å². The summed E-state index contributed by atoms with van der Waals surface area (Å²) in [5.74, 6) is -1.02. The molecule has 1 aliphatic rings. The Kier molecular flexibility index (Phi) is 4.13. The van der Waals surface area contributed by atoms with Crippen molar-refractivity contribution in [3.05, 3.63) is 56.3 Å². The fourth-order valence-electron chi connectivity index (χ4n) is 2.97. The summed E-state index contributed by atoms with van der Waals surface area (Å²) in [5, 5.41) is 15.7. The van der Waals surface area contributed by atoms with Crippen LogP contribution in [0.5, 0.6) is 5.88 Å². The van der Waals surface area contributed by atoms with E-state index in [0.717, 1.165) is 17.4 Å². The Bertz CT molecular complexity index is 825. The van der Waals surface area contributed by atoms with E-state index < -0.39 is 11.8 Å². The summed E-state index contributed by atoms with van der Waals surface area (Å²) in [7, 11) is 1.42. The zero-order chi connectivity index (χ0) is 16.6. The van der Waals surface area contributed by atoms with E-state index in [0.29, 0.717) is 34.7 Å². The average Bonchev–Trinajstić information content (AvgIpc) is 2.55. The molecular formula is C17H16ClN2O3-. The smallest absolute Gasteiger partial charge is 0.256 e. The highest BCUT2D eigenvalue weighted by molar-refractivity contribution is 6.30. The summed E-state index contributed by atoms with van der Waals surface area (Å²) in [6.07, 6.45) is 2.98. The molecule has 5 nitrogen and oxygen atoms in total. The van der Waals surface area contributed by atoms with Gasteiger partial charge in [-0.3, -0.25) is 9.59 Å². The third kappa shape index (κ3) is 2.84. The van der Waals surface area contributed by atoms with E-state index in [2.05, 4.69) is 5.32 Å². The van der Waals surface area contributed by atoms with Gasteiger partial charge in [-0.05, 0) is 61.4 Å². The number of nitrogens with zero attached hydrogens (tertiary/aromatic N) is 1. The molecule has 1 N–H and O–H groups in total. The molecule has 0 saturated carbocycles. The highest BCUT2D eigenvalue weighted by atomic mass is 35.5. The molecule has 0 atom stereocenters. The van der Waals surface area contributed by atoms with E-state index in [1.807, 2.05) is 0 Å². The largest absolute Gasteiger partial charge is 0.859 e. The number of aromatic nitrogens is 1. The lowest BCUT2D eigenvalue weighted by molar-refractivity contribution is -0.279. The van der Waals surface area contributed by atoms with Crippen LogP contribution in [-0.2, 0) is 19.9 Å². The number of hydrogen-bond acceptors (Lipinski definition) is 3. The first-order valence-corrected chi connectivity index (χ1v) is 7.85. The number of pyridine rings is 1. The van der Waals surface area contributed by atoms with Crippen LogP contribution in [0.25, 0.3) is 0 Å². The molecule has 1 aromatic carbocycles. The molecular weight excluding hydrogens is 316 g/mol. The first-order chi connectivity index (χ1) is 11.0. The van der Waals surface area contributed by atoms with Gasteiger partial charge in [0.05, 0.1) is 5.56 Å². The van der Waals surface area contributed by atoms with Crippen molar-refractivity contribution in [2.45, 2.75) is 25.7 Å². The lowest BCUT2D eigenvalue weighted by Crippen LogP contribution is -2.32. The van der Waals surface area contributed by atoms with Gasteiger partial charge in [-0.25, -0.2) is 0 Å². The first-order valence-electron chi connectivity index (χ1n) is 7.47. The van der Waals surface area contributed by atoms with Gasteiger partial charge >= 0.3 is 0 Å². The van der Waals surface area contributed by atoms with Gasteiger partial charge in [0.15, 0.2) is 0 Å². The van der Waals surface area contributed by atoms with E-state index in [1.165, 1.54) is 7.05 Å². The third-order valence-electron chi connectivity index (χ3n) is 4.18. The maximum atomic E-state index is 12.6. The average molecular weight is 332 g/mol. The van der Waals surface area contributed by atoms with Gasteiger partial charge in [0.1, 0.15) is 0 Å². The summed E-state index contributed by atoms with van der Waals surface area (Å²) in [4.78, 5) is 24.8. The number of halogens is 1. The Balaban J connectivity index is 2.05. The van der Waals surface area contributed by atoms with E-state index in [-0.39, 0.29) is 11.1 Å². The second-order valence-corrected chi connectivity index (χ2v) is 6.11. The van der Waals surface area contributed by atoms with Crippen LogP contribution in [0.2, 0.25) is 5.02 Å². The minimum absolute atomic E-state index is 0.0803. The predicted octanol–water partition coefficient (Wildman–Crippen LogP) is 2.24. The van der Waals surface area contributed by atoms with Gasteiger partial charge in [-0.2, -0.15) is 0 Å². The number of amides is 1. The molecule has 6 heteroatoms. The molecule has 23 heavy (non-hydrogen) atoms. The fourth-order valence-corrected chi connectivity index (χ4v) is 3.10. The lowest BCUT2D eigenvalue weighted by Gasteiger charge is -2.26. The van der Waals surface area contributed by atoms with Gasteiger partial charge in [0.2, 0.25) is 0 Å². The molecule has 1 aromatic heterocycles. The molecule has 120 valence electrons. The van der Waals surface area contributed by atoms with E-state index in [9.17, 15) is 14.7 Å². The molecule has 2 aromatic rings. The van der Waals surface area contributed by atoms with Gasteiger partial charge in [0.25, 0.3) is 11.5 Å². The first kappa shape index (κ1) is 15.6. The summed E-state index contributed by atoms with van der Waals surface area (Å²) >= 11 is 5.82. The number of anilines is 1. The molecule has 0 saturated heterocycles. The SMILES string of the molecule is Cn1c([O-])c(C(=O)Nc2ccc(Cl)cc2)c2c(c1=O)CCCC2. The van der Waals surface area contributed by atoms with Crippen molar-refractivity contribution in [1.82, 2.24) is 4.57 Å². The Morgan fingerprint density at radius 1 is 1.17 bits per heavy atom. The van der Waals surface area contributed by atoms with Crippen LogP contribution < -0.4 is 16.0 Å². The highest BCUT2D eigenvalue weighted by Gasteiger charge is 2.23. The van der Waals surface area contributed by atoms with Crippen LogP contribution in [0.15, 0.2) is 29.1 Å². The van der Waals surface area contributed by atoms with E-state index in [1.54, 1.807) is 24.3 Å². The maximum Gasteiger partial charge on any atom is 0.256 e. The molecule has 1 amide bonds. The molecule has 0 fully saturated rings. The minimum Gasteiger partial charge on any atom is -0.859 e. The summed E-state index contributed by atoms with van der Waals surface area (Å²) < 4.78 is 1.03. The number of fused-ring (bicyclic) bond motifs is 1. The second kappa shape index (κ2) is 6.08. The summed E-state index contributed by atoms with van der Waals surface area (Å²) in [5.41, 5.74) is 1.55. The third-order valence-corrected chi connectivity index (χ3v) is 4.43. The Hall–Kier alpha value is -2.27. The van der Waals surface area contributed by atoms with Crippen LogP contribution >= 0.6 is 11.6 Å². The summed E-state index contributed by atoms with van der Waals surface area (Å²) in [6, 6.07) is 6.65. The normalized spacial score (nSPS) is 13.5. The Morgan fingerprint density at radius 3 is 2.43 bits per heavy atom. The van der Waals surface area contributed by atoms with E-state index >= 15 is 0 Å². The van der Waals surface area contributed by atoms with Crippen molar-refractivity contribution >= 4 is 23.2 Å². The number of hydrogen-bond donors (Lipinski definition) is 1. The van der Waals surface area contributed by atoms with Crippen LogP contribution in [-0.4, -0.2) is 10.5 Å². The number of benzene rings is 1. The Morgan fingerprint density at radius 2 is 1.78 bits per heavy atom. The van der Waals surface area contributed by atoms with Crippen LogP contribution in [0.4, 0.5) is 5.69 Å². The van der Waals surface area contributed by atoms with Crippen molar-refractivity contribution in [1.29, 1.82) is 0 Å². The van der Waals surface area contributed by atoms with Crippen LogP contribution in [0.1, 0.15) is 34.3 Å². The number of rotatable bonds is 2. The highest BCUT2D eigenvalue weighted by Crippen LogP contribution is 2.27. The molecule has 1 aliphatic carbocycles. The van der Waals surface area contributed by atoms with Gasteiger partial charge in [-0.1, -0.05) is 11.6 Å². The summed E-state index contributed by atoms with van der Waals surface area (Å²) in [6.45, 7) is 0. The molecule has 1 heterocycles. The second-order valence-electron chi connectivity index (χ2n) is 5.67. The predicted molar refractivity (Wildman–Crippen MR) is 87.2 cm³/mol. The van der Waals surface area contributed by atoms with Gasteiger partial charge in [-0.15, -0.1) is 0 Å². The maximum absolute atomic E-state index is 12.6.